The summed E-state index contributed by atoms with van der Waals surface area (Å²) >= 11 is 1.85. The highest BCUT2D eigenvalue weighted by Gasteiger charge is 2.02. The first-order valence-corrected chi connectivity index (χ1v) is 6.11. The highest BCUT2D eigenvalue weighted by Crippen LogP contribution is 2.26. The van der Waals surface area contributed by atoms with Crippen molar-refractivity contribution in [3.63, 3.8) is 0 Å². The van der Waals surface area contributed by atoms with Gasteiger partial charge in [-0.1, -0.05) is 13.8 Å². The quantitative estimate of drug-likeness (QED) is 0.617. The van der Waals surface area contributed by atoms with Crippen molar-refractivity contribution in [3.8, 4) is 5.75 Å². The second kappa shape index (κ2) is 6.03. The largest absolute Gasteiger partial charge is 0.465 e. The van der Waals surface area contributed by atoms with Crippen LogP contribution in [0.1, 0.15) is 27.2 Å². The summed E-state index contributed by atoms with van der Waals surface area (Å²) in [6.45, 7) is 6.00. The number of benzene rings is 1. The van der Waals surface area contributed by atoms with Crippen molar-refractivity contribution in [2.24, 2.45) is 0 Å². The Morgan fingerprint density at radius 1 is 1.27 bits per heavy atom. The molecule has 1 N–H and O–H groups in total. The molecule has 1 aromatic carbocycles. The van der Waals surface area contributed by atoms with Crippen LogP contribution in [0.25, 0.3) is 0 Å². The molecule has 1 rings (SSSR count). The molecule has 2 atom stereocenters. The third-order valence-electron chi connectivity index (χ3n) is 2.04. The molecule has 0 radical (unpaired) electrons. The van der Waals surface area contributed by atoms with Crippen molar-refractivity contribution >= 4 is 11.8 Å². The van der Waals surface area contributed by atoms with Crippen LogP contribution in [-0.2, 0) is 0 Å². The van der Waals surface area contributed by atoms with Gasteiger partial charge in [-0.3, -0.25) is 0 Å². The van der Waals surface area contributed by atoms with Gasteiger partial charge < -0.3 is 9.84 Å². The molecule has 0 aliphatic heterocycles. The predicted molar refractivity (Wildman–Crippen MR) is 64.4 cm³/mol. The minimum atomic E-state index is -0.752. The molecule has 0 saturated heterocycles. The summed E-state index contributed by atoms with van der Waals surface area (Å²) in [5.41, 5.74) is 0. The van der Waals surface area contributed by atoms with E-state index in [1.54, 1.807) is 6.92 Å². The van der Waals surface area contributed by atoms with Crippen molar-refractivity contribution in [3.05, 3.63) is 24.3 Å². The molecule has 3 heteroatoms. The zero-order chi connectivity index (χ0) is 11.3. The van der Waals surface area contributed by atoms with Crippen LogP contribution in [0.15, 0.2) is 29.2 Å². The lowest BCUT2D eigenvalue weighted by Gasteiger charge is -2.10. The summed E-state index contributed by atoms with van der Waals surface area (Å²) in [5, 5.41) is 9.66. The average Bonchev–Trinajstić information content (AvgIpc) is 2.20. The van der Waals surface area contributed by atoms with Crippen LogP contribution in [0.2, 0.25) is 0 Å². The summed E-state index contributed by atoms with van der Waals surface area (Å²) in [6, 6.07) is 7.82. The molecule has 15 heavy (non-hydrogen) atoms. The van der Waals surface area contributed by atoms with Gasteiger partial charge in [0, 0.05) is 10.1 Å². The van der Waals surface area contributed by atoms with E-state index in [2.05, 4.69) is 13.8 Å². The Bertz CT molecular complexity index is 282. The van der Waals surface area contributed by atoms with E-state index in [1.165, 1.54) is 4.90 Å². The Labute approximate surface area is 95.7 Å². The number of hydrogen-bond acceptors (Lipinski definition) is 3. The normalized spacial score (nSPS) is 14.7. The molecule has 0 saturated carbocycles. The Morgan fingerprint density at radius 2 is 1.87 bits per heavy atom. The van der Waals surface area contributed by atoms with Gasteiger partial charge in [-0.15, -0.1) is 11.8 Å². The molecule has 0 aliphatic rings. The molecule has 0 bridgehead atoms. The maximum Gasteiger partial charge on any atom is 0.194 e. The SMILES string of the molecule is CCC(C)Sc1ccc(OC(C)O)cc1. The number of ether oxygens (including phenoxy) is 1. The molecule has 1 aromatic rings. The molecule has 0 fully saturated rings. The van der Waals surface area contributed by atoms with E-state index >= 15 is 0 Å². The van der Waals surface area contributed by atoms with Crippen LogP contribution in [0, 0.1) is 0 Å². The Morgan fingerprint density at radius 3 is 2.33 bits per heavy atom. The van der Waals surface area contributed by atoms with Crippen LogP contribution in [0.4, 0.5) is 0 Å². The monoisotopic (exact) mass is 226 g/mol. The highest BCUT2D eigenvalue weighted by molar-refractivity contribution is 7.99. The molecule has 0 aliphatic carbocycles. The van der Waals surface area contributed by atoms with E-state index in [1.807, 2.05) is 36.0 Å². The van der Waals surface area contributed by atoms with Gasteiger partial charge in [0.25, 0.3) is 0 Å². The maximum absolute atomic E-state index is 9.03. The number of thioether (sulfide) groups is 1. The van der Waals surface area contributed by atoms with E-state index in [0.717, 1.165) is 6.42 Å². The van der Waals surface area contributed by atoms with Gasteiger partial charge in [0.15, 0.2) is 6.29 Å². The van der Waals surface area contributed by atoms with E-state index in [9.17, 15) is 0 Å². The number of aliphatic hydroxyl groups excluding tert-OH is 1. The fraction of sp³-hybridized carbons (Fsp3) is 0.500. The number of aliphatic hydroxyl groups is 1. The topological polar surface area (TPSA) is 29.5 Å². The van der Waals surface area contributed by atoms with E-state index < -0.39 is 6.29 Å². The Balaban J connectivity index is 2.56. The molecule has 0 aromatic heterocycles. The smallest absolute Gasteiger partial charge is 0.194 e. The minimum Gasteiger partial charge on any atom is -0.465 e. The maximum atomic E-state index is 9.03. The van der Waals surface area contributed by atoms with Crippen molar-refractivity contribution in [2.75, 3.05) is 0 Å². The molecular formula is C12H18O2S. The summed E-state index contributed by atoms with van der Waals surface area (Å²) in [7, 11) is 0. The summed E-state index contributed by atoms with van der Waals surface area (Å²) in [4.78, 5) is 1.24. The number of hydrogen-bond donors (Lipinski definition) is 1. The molecule has 0 heterocycles. The standard InChI is InChI=1S/C12H18O2S/c1-4-9(2)15-12-7-5-11(6-8-12)14-10(3)13/h5-10,13H,4H2,1-3H3. The lowest BCUT2D eigenvalue weighted by Crippen LogP contribution is -2.09. The number of rotatable bonds is 5. The summed E-state index contributed by atoms with van der Waals surface area (Å²) in [5.74, 6) is 0.707. The fourth-order valence-electron chi connectivity index (χ4n) is 1.11. The van der Waals surface area contributed by atoms with Crippen LogP contribution >= 0.6 is 11.8 Å². The van der Waals surface area contributed by atoms with Crippen molar-refractivity contribution in [1.82, 2.24) is 0 Å². The van der Waals surface area contributed by atoms with E-state index in [4.69, 9.17) is 9.84 Å². The Hall–Kier alpha value is -0.670. The lowest BCUT2D eigenvalue weighted by molar-refractivity contribution is -0.000324. The van der Waals surface area contributed by atoms with Crippen molar-refractivity contribution in [2.45, 2.75) is 43.6 Å². The summed E-state index contributed by atoms with van der Waals surface area (Å²) < 4.78 is 5.15. The van der Waals surface area contributed by atoms with Gasteiger partial charge in [0.2, 0.25) is 0 Å². The molecule has 84 valence electrons. The van der Waals surface area contributed by atoms with Gasteiger partial charge in [-0.2, -0.15) is 0 Å². The zero-order valence-corrected chi connectivity index (χ0v) is 10.3. The van der Waals surface area contributed by atoms with Crippen LogP contribution < -0.4 is 4.74 Å². The van der Waals surface area contributed by atoms with Crippen molar-refractivity contribution < 1.29 is 9.84 Å². The second-order valence-electron chi connectivity index (χ2n) is 3.53. The zero-order valence-electron chi connectivity index (χ0n) is 9.43. The first-order valence-electron chi connectivity index (χ1n) is 5.23. The molecule has 2 unspecified atom stereocenters. The van der Waals surface area contributed by atoms with Gasteiger partial charge in [0.05, 0.1) is 0 Å². The lowest BCUT2D eigenvalue weighted by atomic mass is 10.3. The molecular weight excluding hydrogens is 208 g/mol. The highest BCUT2D eigenvalue weighted by atomic mass is 32.2. The average molecular weight is 226 g/mol. The van der Waals surface area contributed by atoms with Gasteiger partial charge >= 0.3 is 0 Å². The predicted octanol–water partition coefficient (Wildman–Crippen LogP) is 3.29. The molecule has 0 spiro atoms. The van der Waals surface area contributed by atoms with Gasteiger partial charge in [-0.25, -0.2) is 0 Å². The third kappa shape index (κ3) is 4.58. The van der Waals surface area contributed by atoms with Crippen molar-refractivity contribution in [1.29, 1.82) is 0 Å². The van der Waals surface area contributed by atoms with Crippen LogP contribution in [0.5, 0.6) is 5.75 Å². The summed E-state index contributed by atoms with van der Waals surface area (Å²) in [6.07, 6.45) is 0.411. The first kappa shape index (κ1) is 12.4. The van der Waals surface area contributed by atoms with Crippen LogP contribution in [-0.4, -0.2) is 16.6 Å². The Kier molecular flexibility index (Phi) is 4.99. The molecule has 0 amide bonds. The first-order chi connectivity index (χ1) is 7.11. The minimum absolute atomic E-state index is 0.633. The molecule has 2 nitrogen and oxygen atoms in total. The van der Waals surface area contributed by atoms with E-state index in [-0.39, 0.29) is 0 Å². The third-order valence-corrected chi connectivity index (χ3v) is 3.32. The second-order valence-corrected chi connectivity index (χ2v) is 5.04. The van der Waals surface area contributed by atoms with Gasteiger partial charge in [-0.05, 0) is 37.6 Å². The fourth-order valence-corrected chi connectivity index (χ4v) is 2.03. The van der Waals surface area contributed by atoms with Crippen LogP contribution in [0.3, 0.4) is 0 Å². The van der Waals surface area contributed by atoms with E-state index in [0.29, 0.717) is 11.0 Å². The van der Waals surface area contributed by atoms with Gasteiger partial charge in [0.1, 0.15) is 5.75 Å².